The van der Waals surface area contributed by atoms with Crippen LogP contribution < -0.4 is 26.1 Å². The molecule has 10 nitrogen and oxygen atoms in total. The van der Waals surface area contributed by atoms with E-state index in [1.54, 1.807) is 26.4 Å². The number of hydrogen-bond acceptors (Lipinski definition) is 9. The van der Waals surface area contributed by atoms with Crippen molar-refractivity contribution >= 4 is 29.0 Å². The van der Waals surface area contributed by atoms with E-state index in [9.17, 15) is 10.1 Å². The number of piperidine rings is 1. The van der Waals surface area contributed by atoms with Gasteiger partial charge in [0.25, 0.3) is 0 Å². The third-order valence-corrected chi connectivity index (χ3v) is 6.20. The first-order chi connectivity index (χ1) is 15.8. The van der Waals surface area contributed by atoms with Crippen molar-refractivity contribution in [2.45, 2.75) is 44.6 Å². The second-order valence-corrected chi connectivity index (χ2v) is 8.86. The van der Waals surface area contributed by atoms with Gasteiger partial charge in [0.15, 0.2) is 11.4 Å². The molecule has 174 valence electrons. The van der Waals surface area contributed by atoms with E-state index in [2.05, 4.69) is 37.4 Å². The minimum absolute atomic E-state index is 0.0164. The highest BCUT2D eigenvalue weighted by Gasteiger charge is 2.48. The number of ether oxygens (including phenoxy) is 1. The van der Waals surface area contributed by atoms with Gasteiger partial charge in [0.05, 0.1) is 48.0 Å². The van der Waals surface area contributed by atoms with Crippen LogP contribution in [0.3, 0.4) is 0 Å². The summed E-state index contributed by atoms with van der Waals surface area (Å²) in [5.74, 6) is 0.751. The molecule has 33 heavy (non-hydrogen) atoms. The van der Waals surface area contributed by atoms with Crippen molar-refractivity contribution in [1.82, 2.24) is 25.7 Å². The number of rotatable bonds is 6. The number of benzene rings is 1. The van der Waals surface area contributed by atoms with E-state index in [1.807, 2.05) is 26.0 Å². The van der Waals surface area contributed by atoms with Gasteiger partial charge in [-0.05, 0) is 18.1 Å². The van der Waals surface area contributed by atoms with E-state index in [4.69, 9.17) is 16.3 Å². The van der Waals surface area contributed by atoms with Crippen molar-refractivity contribution in [1.29, 1.82) is 5.26 Å². The Morgan fingerprint density at radius 1 is 1.36 bits per heavy atom. The van der Waals surface area contributed by atoms with Gasteiger partial charge in [-0.1, -0.05) is 31.5 Å². The predicted octanol–water partition coefficient (Wildman–Crippen LogP) is 2.26. The molecule has 1 aromatic carbocycles. The maximum atomic E-state index is 12.9. The van der Waals surface area contributed by atoms with Crippen LogP contribution in [-0.4, -0.2) is 53.4 Å². The number of methoxy groups -OCH3 is 1. The van der Waals surface area contributed by atoms with Crippen molar-refractivity contribution in [2.75, 3.05) is 24.8 Å². The summed E-state index contributed by atoms with van der Waals surface area (Å²) < 4.78 is 5.47. The Balaban J connectivity index is 1.59. The average Bonchev–Trinajstić information content (AvgIpc) is 3.07. The number of hydrazine groups is 1. The van der Waals surface area contributed by atoms with Crippen LogP contribution in [0.4, 0.5) is 11.5 Å². The number of amides is 1. The van der Waals surface area contributed by atoms with Crippen LogP contribution >= 0.6 is 11.6 Å². The van der Waals surface area contributed by atoms with Gasteiger partial charge >= 0.3 is 0 Å². The zero-order chi connectivity index (χ0) is 23.7. The van der Waals surface area contributed by atoms with Gasteiger partial charge in [-0.15, -0.1) is 0 Å². The molecule has 2 aliphatic heterocycles. The first-order valence-corrected chi connectivity index (χ1v) is 11.1. The number of nitriles is 1. The second-order valence-electron chi connectivity index (χ2n) is 8.46. The average molecular weight is 471 g/mol. The van der Waals surface area contributed by atoms with Gasteiger partial charge < -0.3 is 15.4 Å². The number of carbonyl (C=O) groups excluding carboxylic acids is 1. The van der Waals surface area contributed by atoms with E-state index in [0.717, 1.165) is 0 Å². The molecule has 0 saturated carbocycles. The maximum absolute atomic E-state index is 12.9. The highest BCUT2D eigenvalue weighted by Crippen LogP contribution is 2.36. The monoisotopic (exact) mass is 470 g/mol. The van der Waals surface area contributed by atoms with Crippen molar-refractivity contribution < 1.29 is 9.53 Å². The molecule has 0 radical (unpaired) electrons. The van der Waals surface area contributed by atoms with Gasteiger partial charge in [0, 0.05) is 19.5 Å². The van der Waals surface area contributed by atoms with Crippen molar-refractivity contribution in [2.24, 2.45) is 5.92 Å². The molecular formula is C22H27ClN8O2. The van der Waals surface area contributed by atoms with Gasteiger partial charge in [-0.3, -0.25) is 20.1 Å². The molecule has 11 heteroatoms. The lowest BCUT2D eigenvalue weighted by atomic mass is 9.88. The zero-order valence-electron chi connectivity index (χ0n) is 18.9. The van der Waals surface area contributed by atoms with E-state index in [0.29, 0.717) is 40.1 Å². The van der Waals surface area contributed by atoms with Crippen molar-refractivity contribution in [3.63, 3.8) is 0 Å². The third-order valence-electron chi connectivity index (χ3n) is 5.90. The molecule has 0 bridgehead atoms. The number of nitrogens with zero attached hydrogens (tertiary/aromatic N) is 4. The number of hydrogen-bond donors (Lipinski definition) is 4. The Kier molecular flexibility index (Phi) is 6.56. The van der Waals surface area contributed by atoms with Crippen molar-refractivity contribution in [3.8, 4) is 11.8 Å². The van der Waals surface area contributed by atoms with Crippen LogP contribution in [0.2, 0.25) is 5.02 Å². The zero-order valence-corrected chi connectivity index (χ0v) is 19.6. The second kappa shape index (κ2) is 9.39. The molecule has 4 unspecified atom stereocenters. The van der Waals surface area contributed by atoms with Gasteiger partial charge in [-0.25, -0.2) is 10.4 Å². The summed E-state index contributed by atoms with van der Waals surface area (Å²) in [5.41, 5.74) is 4.85. The summed E-state index contributed by atoms with van der Waals surface area (Å²) in [6.45, 7) is 3.95. The third kappa shape index (κ3) is 4.53. The highest BCUT2D eigenvalue weighted by molar-refractivity contribution is 6.32. The Morgan fingerprint density at radius 3 is 2.85 bits per heavy atom. The minimum atomic E-state index is -0.346. The van der Waals surface area contributed by atoms with Crippen LogP contribution in [0, 0.1) is 17.2 Å². The SMILES string of the molecule is COc1c(Cl)cccc1NC1CC(Nc2cnc(C(C)C)c(C#N)n2)NC2NN(C)C(=O)C12. The lowest BCUT2D eigenvalue weighted by Crippen LogP contribution is -2.60. The number of para-hydroxylation sites is 1. The molecule has 2 saturated heterocycles. The molecule has 3 heterocycles. The minimum Gasteiger partial charge on any atom is -0.493 e. The van der Waals surface area contributed by atoms with E-state index in [-0.39, 0.29) is 36.1 Å². The topological polar surface area (TPSA) is 127 Å². The Bertz CT molecular complexity index is 1090. The fraction of sp³-hybridized carbons (Fsp3) is 0.455. The summed E-state index contributed by atoms with van der Waals surface area (Å²) in [6.07, 6.45) is 1.64. The fourth-order valence-electron chi connectivity index (χ4n) is 4.38. The number of aromatic nitrogens is 2. The normalized spacial score (nSPS) is 24.4. The molecular weight excluding hydrogens is 444 g/mol. The summed E-state index contributed by atoms with van der Waals surface area (Å²) in [5, 5.41) is 21.7. The summed E-state index contributed by atoms with van der Waals surface area (Å²) in [4.78, 5) is 21.7. The Morgan fingerprint density at radius 2 is 2.15 bits per heavy atom. The molecule has 4 atom stereocenters. The predicted molar refractivity (Wildman–Crippen MR) is 125 cm³/mol. The largest absolute Gasteiger partial charge is 0.493 e. The van der Waals surface area contributed by atoms with Crippen molar-refractivity contribution in [3.05, 3.63) is 40.8 Å². The molecule has 1 amide bonds. The molecule has 4 rings (SSSR count). The number of anilines is 2. The van der Waals surface area contributed by atoms with Gasteiger partial charge in [0.2, 0.25) is 5.91 Å². The standard InChI is InChI=1S/C22H27ClN8O2/c1-11(2)19-15(9-24)27-17(10-25-19)28-16-8-14(18-21(29-16)30-31(3)22(18)32)26-13-7-5-6-12(23)20(13)33-4/h5-7,10-11,14,16,18,21,26,29-30H,8H2,1-4H3,(H,27,28). The highest BCUT2D eigenvalue weighted by atomic mass is 35.5. The Hall–Kier alpha value is -3.13. The van der Waals surface area contributed by atoms with Crippen LogP contribution in [-0.2, 0) is 4.79 Å². The first-order valence-electron chi connectivity index (χ1n) is 10.7. The molecule has 2 aliphatic rings. The number of halogens is 1. The number of fused-ring (bicyclic) bond motifs is 1. The van der Waals surface area contributed by atoms with Gasteiger partial charge in [-0.2, -0.15) is 5.26 Å². The van der Waals surface area contributed by atoms with E-state index >= 15 is 0 Å². The van der Waals surface area contributed by atoms with Crippen LogP contribution in [0.25, 0.3) is 0 Å². The summed E-state index contributed by atoms with van der Waals surface area (Å²) in [7, 11) is 3.27. The van der Waals surface area contributed by atoms with Crippen LogP contribution in [0.1, 0.15) is 37.6 Å². The molecule has 4 N–H and O–H groups in total. The van der Waals surface area contributed by atoms with Gasteiger partial charge in [0.1, 0.15) is 11.9 Å². The first kappa shape index (κ1) is 23.0. The Labute approximate surface area is 197 Å². The molecule has 1 aromatic heterocycles. The number of carbonyl (C=O) groups is 1. The summed E-state index contributed by atoms with van der Waals surface area (Å²) in [6, 6.07) is 7.35. The molecule has 2 aromatic rings. The summed E-state index contributed by atoms with van der Waals surface area (Å²) >= 11 is 6.29. The van der Waals surface area contributed by atoms with E-state index < -0.39 is 0 Å². The smallest absolute Gasteiger partial charge is 0.244 e. The molecule has 0 spiro atoms. The lowest BCUT2D eigenvalue weighted by molar-refractivity contribution is -0.131. The number of nitrogens with one attached hydrogen (secondary N) is 4. The maximum Gasteiger partial charge on any atom is 0.244 e. The fourth-order valence-corrected chi connectivity index (χ4v) is 4.63. The van der Waals surface area contributed by atoms with Crippen LogP contribution in [0.5, 0.6) is 5.75 Å². The molecule has 2 fully saturated rings. The quantitative estimate of drug-likeness (QED) is 0.502. The lowest BCUT2D eigenvalue weighted by Gasteiger charge is -2.39. The van der Waals surface area contributed by atoms with E-state index in [1.165, 1.54) is 5.01 Å². The molecule has 0 aliphatic carbocycles. The van der Waals surface area contributed by atoms with Crippen LogP contribution in [0.15, 0.2) is 24.4 Å².